The fourth-order valence-corrected chi connectivity index (χ4v) is 5.59. The summed E-state index contributed by atoms with van der Waals surface area (Å²) in [6, 6.07) is 6.73. The van der Waals surface area contributed by atoms with E-state index in [9.17, 15) is 14.3 Å². The molecule has 1 atom stereocenters. The molecule has 6 rings (SSSR count). The molecular formula is C28H32FN5O4. The van der Waals surface area contributed by atoms with E-state index in [-0.39, 0.29) is 30.0 Å². The highest BCUT2D eigenvalue weighted by Crippen LogP contribution is 2.41. The molecule has 2 aromatic carbocycles. The zero-order chi connectivity index (χ0) is 26.4. The van der Waals surface area contributed by atoms with Gasteiger partial charge in [0.1, 0.15) is 29.6 Å². The van der Waals surface area contributed by atoms with Crippen molar-refractivity contribution in [1.29, 1.82) is 0 Å². The lowest BCUT2D eigenvalue weighted by Crippen LogP contribution is -2.48. The van der Waals surface area contributed by atoms with Crippen LogP contribution in [0, 0.1) is 5.82 Å². The number of ether oxygens (including phenoxy) is 2. The summed E-state index contributed by atoms with van der Waals surface area (Å²) in [5.74, 6) is -0.0627. The van der Waals surface area contributed by atoms with Crippen LogP contribution in [0.2, 0.25) is 0 Å². The molecular weight excluding hydrogens is 489 g/mol. The first-order valence-electron chi connectivity index (χ1n) is 13.3. The average molecular weight is 522 g/mol. The number of hydrogen-bond donors (Lipinski definition) is 1. The predicted molar refractivity (Wildman–Crippen MR) is 142 cm³/mol. The lowest BCUT2D eigenvalue weighted by Gasteiger charge is -2.37. The first-order chi connectivity index (χ1) is 18.4. The second-order valence-electron chi connectivity index (χ2n) is 10.2. The third-order valence-corrected chi connectivity index (χ3v) is 7.85. The Morgan fingerprint density at radius 1 is 1.18 bits per heavy atom. The largest absolute Gasteiger partial charge is 0.508 e. The monoisotopic (exact) mass is 521 g/mol. The van der Waals surface area contributed by atoms with Gasteiger partial charge in [0.05, 0.1) is 24.5 Å². The molecule has 2 fully saturated rings. The topological polar surface area (TPSA) is 91.3 Å². The van der Waals surface area contributed by atoms with E-state index in [4.69, 9.17) is 14.5 Å². The van der Waals surface area contributed by atoms with E-state index in [0.717, 1.165) is 19.4 Å². The van der Waals surface area contributed by atoms with Gasteiger partial charge in [-0.3, -0.25) is 9.69 Å². The second kappa shape index (κ2) is 9.99. The maximum Gasteiger partial charge on any atom is 0.318 e. The van der Waals surface area contributed by atoms with Crippen molar-refractivity contribution in [2.75, 3.05) is 56.3 Å². The molecule has 9 nitrogen and oxygen atoms in total. The number of fused-ring (bicyclic) bond motifs is 2. The van der Waals surface area contributed by atoms with E-state index in [1.54, 1.807) is 17.0 Å². The molecule has 0 aliphatic carbocycles. The van der Waals surface area contributed by atoms with Crippen molar-refractivity contribution in [2.45, 2.75) is 38.8 Å². The highest BCUT2D eigenvalue weighted by atomic mass is 19.1. The minimum Gasteiger partial charge on any atom is -0.508 e. The van der Waals surface area contributed by atoms with Crippen LogP contribution in [-0.4, -0.2) is 78.4 Å². The minimum absolute atomic E-state index is 0.00883. The summed E-state index contributed by atoms with van der Waals surface area (Å²) < 4.78 is 26.5. The Kier molecular flexibility index (Phi) is 6.53. The van der Waals surface area contributed by atoms with Crippen molar-refractivity contribution in [1.82, 2.24) is 14.9 Å². The maximum atomic E-state index is 14.8. The predicted octanol–water partition coefficient (Wildman–Crippen LogP) is 3.51. The number of phenolic OH excluding ortho intramolecular Hbond substituents is 1. The molecule has 1 N–H and O–H groups in total. The number of hydrogen-bond acceptors (Lipinski definition) is 8. The Labute approximate surface area is 220 Å². The van der Waals surface area contributed by atoms with Crippen LogP contribution in [0.25, 0.3) is 10.8 Å². The summed E-state index contributed by atoms with van der Waals surface area (Å²) in [4.78, 5) is 29.3. The zero-order valence-corrected chi connectivity index (χ0v) is 21.7. The number of carbonyl (C=O) groups is 1. The number of benzene rings is 2. The first-order valence-corrected chi connectivity index (χ1v) is 13.3. The Morgan fingerprint density at radius 3 is 2.82 bits per heavy atom. The van der Waals surface area contributed by atoms with Gasteiger partial charge in [-0.15, -0.1) is 0 Å². The molecule has 1 amide bonds. The third kappa shape index (κ3) is 4.31. The Balaban J connectivity index is 1.43. The average Bonchev–Trinajstić information content (AvgIpc) is 3.06. The number of amides is 1. The van der Waals surface area contributed by atoms with Gasteiger partial charge < -0.3 is 24.4 Å². The van der Waals surface area contributed by atoms with Crippen LogP contribution in [0.15, 0.2) is 24.3 Å². The van der Waals surface area contributed by atoms with E-state index < -0.39 is 0 Å². The number of rotatable bonds is 6. The SMILES string of the molecule is CCc1c(F)ccc2cc(O)cc(N3Cc4nc(OC[C@@H]5CCN5C)nc(N5CCCOCC5)c4C3=O)c12. The lowest BCUT2D eigenvalue weighted by atomic mass is 9.99. The van der Waals surface area contributed by atoms with Gasteiger partial charge in [-0.05, 0) is 55.9 Å². The number of halogens is 1. The van der Waals surface area contributed by atoms with Crippen molar-refractivity contribution >= 4 is 28.2 Å². The fraction of sp³-hybridized carbons (Fsp3) is 0.464. The van der Waals surface area contributed by atoms with Crippen molar-refractivity contribution in [3.63, 3.8) is 0 Å². The van der Waals surface area contributed by atoms with Crippen LogP contribution in [0.3, 0.4) is 0 Å². The Morgan fingerprint density at radius 2 is 2.05 bits per heavy atom. The summed E-state index contributed by atoms with van der Waals surface area (Å²) in [7, 11) is 2.06. The van der Waals surface area contributed by atoms with Crippen LogP contribution < -0.4 is 14.5 Å². The van der Waals surface area contributed by atoms with Gasteiger partial charge in [-0.25, -0.2) is 4.39 Å². The van der Waals surface area contributed by atoms with Crippen molar-refractivity contribution in [2.24, 2.45) is 0 Å². The normalized spacial score (nSPS) is 20.0. The number of anilines is 2. The van der Waals surface area contributed by atoms with E-state index in [1.165, 1.54) is 12.1 Å². The molecule has 4 heterocycles. The third-order valence-electron chi connectivity index (χ3n) is 7.85. The molecule has 0 spiro atoms. The van der Waals surface area contributed by atoms with Crippen LogP contribution >= 0.6 is 0 Å². The highest BCUT2D eigenvalue weighted by molar-refractivity contribution is 6.16. The van der Waals surface area contributed by atoms with Crippen molar-refractivity contribution in [3.8, 4) is 11.8 Å². The molecule has 3 aliphatic heterocycles. The Hall–Kier alpha value is -3.50. The number of carbonyl (C=O) groups excluding carboxylic acids is 1. The molecule has 0 radical (unpaired) electrons. The van der Waals surface area contributed by atoms with Crippen LogP contribution in [0.5, 0.6) is 11.8 Å². The van der Waals surface area contributed by atoms with Crippen LogP contribution in [0.4, 0.5) is 15.9 Å². The molecule has 2 saturated heterocycles. The van der Waals surface area contributed by atoms with Crippen LogP contribution in [-0.2, 0) is 17.7 Å². The van der Waals surface area contributed by atoms with E-state index in [0.29, 0.717) is 84.5 Å². The quantitative estimate of drug-likeness (QED) is 0.527. The molecule has 0 bridgehead atoms. The summed E-state index contributed by atoms with van der Waals surface area (Å²) >= 11 is 0. The van der Waals surface area contributed by atoms with Gasteiger partial charge >= 0.3 is 6.01 Å². The van der Waals surface area contributed by atoms with Crippen LogP contribution in [0.1, 0.15) is 41.4 Å². The lowest BCUT2D eigenvalue weighted by molar-refractivity contribution is 0.0729. The van der Waals surface area contributed by atoms with Gasteiger partial charge in [0.25, 0.3) is 5.91 Å². The van der Waals surface area contributed by atoms with E-state index in [1.807, 2.05) is 6.92 Å². The molecule has 0 unspecified atom stereocenters. The number of likely N-dealkylation sites (N-methyl/N-ethyl adjacent to an activating group) is 1. The van der Waals surface area contributed by atoms with Gasteiger partial charge in [0, 0.05) is 37.2 Å². The van der Waals surface area contributed by atoms with Gasteiger partial charge in [0.15, 0.2) is 0 Å². The number of aryl methyl sites for hydroxylation is 1. The number of nitrogens with zero attached hydrogens (tertiary/aromatic N) is 5. The van der Waals surface area contributed by atoms with E-state index in [2.05, 4.69) is 21.8 Å². The summed E-state index contributed by atoms with van der Waals surface area (Å²) in [6.07, 6.45) is 2.32. The molecule has 38 heavy (non-hydrogen) atoms. The molecule has 0 saturated carbocycles. The summed E-state index contributed by atoms with van der Waals surface area (Å²) in [5, 5.41) is 11.8. The zero-order valence-electron chi connectivity index (χ0n) is 21.7. The van der Waals surface area contributed by atoms with Gasteiger partial charge in [-0.2, -0.15) is 9.97 Å². The molecule has 3 aromatic rings. The number of likely N-dealkylation sites (tertiary alicyclic amines) is 1. The highest BCUT2D eigenvalue weighted by Gasteiger charge is 2.37. The summed E-state index contributed by atoms with van der Waals surface area (Å²) in [5.41, 5.74) is 1.95. The standard InChI is InChI=1S/C28H32FN5O4/c1-3-20-21(29)6-5-17-13-19(35)14-23(24(17)20)34-15-22-25(27(34)36)26(33-8-4-11-37-12-10-33)31-28(30-22)38-16-18-7-9-32(18)2/h5-6,13-14,18,35H,3-4,7-12,15-16H2,1-2H3/t18-/m0/s1. The van der Waals surface area contributed by atoms with Crippen molar-refractivity contribution in [3.05, 3.63) is 46.9 Å². The number of aromatic nitrogens is 2. The number of aromatic hydroxyl groups is 1. The molecule has 10 heteroatoms. The minimum atomic E-state index is -0.335. The van der Waals surface area contributed by atoms with Crippen molar-refractivity contribution < 1.29 is 23.8 Å². The molecule has 200 valence electrons. The Bertz CT molecular complexity index is 1390. The van der Waals surface area contributed by atoms with Gasteiger partial charge in [-0.1, -0.05) is 13.0 Å². The molecule has 3 aliphatic rings. The summed E-state index contributed by atoms with van der Waals surface area (Å²) in [6.45, 7) is 6.06. The smallest absolute Gasteiger partial charge is 0.318 e. The van der Waals surface area contributed by atoms with E-state index >= 15 is 0 Å². The number of phenols is 1. The first kappa shape index (κ1) is 24.8. The fourth-order valence-electron chi connectivity index (χ4n) is 5.59. The molecule has 1 aromatic heterocycles. The maximum absolute atomic E-state index is 14.8. The second-order valence-corrected chi connectivity index (χ2v) is 10.2. The van der Waals surface area contributed by atoms with Gasteiger partial charge in [0.2, 0.25) is 0 Å².